The highest BCUT2D eigenvalue weighted by Crippen LogP contribution is 2.76. The highest BCUT2D eigenvalue weighted by atomic mass is 16.8. The smallest absolute Gasteiger partial charge is 0.187 e. The molecule has 12 N–H and O–H groups in total. The predicted octanol–water partition coefficient (Wildman–Crippen LogP) is -0.152. The summed E-state index contributed by atoms with van der Waals surface area (Å²) in [5.74, 6) is 0.697. The Morgan fingerprint density at radius 1 is 0.590 bits per heavy atom. The molecule has 0 amide bonds. The van der Waals surface area contributed by atoms with E-state index in [-0.39, 0.29) is 57.9 Å². The van der Waals surface area contributed by atoms with E-state index in [0.717, 1.165) is 64.2 Å². The minimum atomic E-state index is -1.88. The first kappa shape index (κ1) is 60.0. The van der Waals surface area contributed by atoms with Crippen molar-refractivity contribution in [3.63, 3.8) is 0 Å². The Hall–Kier alpha value is -1.14. The fraction of sp³-hybridized carbons (Fsp3) is 0.964. The molecule has 0 radical (unpaired) electrons. The van der Waals surface area contributed by atoms with Crippen LogP contribution in [0.25, 0.3) is 0 Å². The third kappa shape index (κ3) is 9.83. The number of ether oxygens (including phenoxy) is 10. The van der Waals surface area contributed by atoms with Crippen molar-refractivity contribution in [2.75, 3.05) is 39.6 Å². The first-order valence-electron chi connectivity index (χ1n) is 28.9. The zero-order valence-corrected chi connectivity index (χ0v) is 46.4. The molecule has 78 heavy (non-hydrogen) atoms. The van der Waals surface area contributed by atoms with Crippen molar-refractivity contribution in [3.8, 4) is 0 Å². The Kier molecular flexibility index (Phi) is 17.2. The number of aliphatic hydroxyl groups excluding tert-OH is 12. The molecule has 10 aliphatic rings. The summed E-state index contributed by atoms with van der Waals surface area (Å²) in [5.41, 5.74) is 0.293. The van der Waals surface area contributed by atoms with Crippen molar-refractivity contribution in [3.05, 3.63) is 11.6 Å². The molecule has 0 aromatic rings. The van der Waals surface area contributed by atoms with Crippen LogP contribution in [0.3, 0.4) is 0 Å². The van der Waals surface area contributed by atoms with Gasteiger partial charge in [-0.3, -0.25) is 0 Å². The summed E-state index contributed by atoms with van der Waals surface area (Å²) in [6.45, 7) is 14.7. The van der Waals surface area contributed by atoms with Gasteiger partial charge < -0.3 is 109 Å². The summed E-state index contributed by atoms with van der Waals surface area (Å²) >= 11 is 0. The number of rotatable bonds is 13. The maximum atomic E-state index is 12.4. The van der Waals surface area contributed by atoms with Gasteiger partial charge in [0.15, 0.2) is 31.5 Å². The molecule has 9 fully saturated rings. The van der Waals surface area contributed by atoms with Gasteiger partial charge in [-0.15, -0.1) is 0 Å². The Labute approximate surface area is 457 Å². The van der Waals surface area contributed by atoms with Crippen LogP contribution in [0.5, 0.6) is 0 Å². The average molecular weight is 1120 g/mol. The molecule has 22 heteroatoms. The van der Waals surface area contributed by atoms with Crippen LogP contribution in [0.4, 0.5) is 0 Å². The summed E-state index contributed by atoms with van der Waals surface area (Å²) < 4.78 is 62.6. The average Bonchev–Trinajstić information content (AvgIpc) is 3.41. The molecule has 1 spiro atoms. The van der Waals surface area contributed by atoms with Crippen molar-refractivity contribution in [2.45, 2.75) is 248 Å². The van der Waals surface area contributed by atoms with Gasteiger partial charge in [0.2, 0.25) is 0 Å². The molecule has 5 saturated heterocycles. The summed E-state index contributed by atoms with van der Waals surface area (Å²) in [6.07, 6.45) is -18.1. The quantitative estimate of drug-likeness (QED) is 0.0843. The van der Waals surface area contributed by atoms with E-state index < -0.39 is 149 Å². The van der Waals surface area contributed by atoms with Gasteiger partial charge >= 0.3 is 0 Å². The van der Waals surface area contributed by atoms with Gasteiger partial charge in [0.05, 0.1) is 45.2 Å². The van der Waals surface area contributed by atoms with E-state index in [1.807, 2.05) is 0 Å². The van der Waals surface area contributed by atoms with Gasteiger partial charge in [0.25, 0.3) is 0 Å². The van der Waals surface area contributed by atoms with Crippen molar-refractivity contribution in [1.82, 2.24) is 0 Å². The molecule has 448 valence electrons. The lowest BCUT2D eigenvalue weighted by molar-refractivity contribution is -0.392. The lowest BCUT2D eigenvalue weighted by atomic mass is 9.33. The van der Waals surface area contributed by atoms with Crippen molar-refractivity contribution < 1.29 is 109 Å². The third-order valence-electron chi connectivity index (χ3n) is 22.1. The van der Waals surface area contributed by atoms with Crippen molar-refractivity contribution >= 4 is 0 Å². The van der Waals surface area contributed by atoms with Gasteiger partial charge in [0.1, 0.15) is 85.5 Å². The standard InChI is InChI=1S/C56H92O22/c1-8-9-36-71-25-56-17-16-52(4,24-59)18-27(56)26-10-11-33-53(5)14-13-34(51(2,3)32(53)12-15-54(33,6)55(26,7)19-35(56)75-36)76-49-45(78-48-44(68)41(65)38(62)29(20-57)72-48)40(64)31(23-70-49)74-50-46(42(66)39(63)30(21-58)73-50)77-47-43(67)37(61)28(60)22-69-47/h10,27-50,57-68H,8-9,11-25H2,1-7H3/t27-,28+,29+,30-,31+,32+,33-,34-,35-,36+,37+,38+,39+,40-,41+,42+,43+,44+,45+,46+,47+,48+,49-,50+,52+,53+,54-,55+,56+/m1/s1. The van der Waals surface area contributed by atoms with Crippen LogP contribution >= 0.6 is 0 Å². The van der Waals surface area contributed by atoms with E-state index in [1.54, 1.807) is 0 Å². The van der Waals surface area contributed by atoms with Gasteiger partial charge in [-0.1, -0.05) is 66.5 Å². The Morgan fingerprint density at radius 3 is 1.94 bits per heavy atom. The first-order chi connectivity index (χ1) is 36.8. The number of allylic oxidation sites excluding steroid dienone is 2. The highest BCUT2D eigenvalue weighted by Gasteiger charge is 2.71. The Balaban J connectivity index is 0.909. The molecule has 0 bridgehead atoms. The number of hydrogen-bond donors (Lipinski definition) is 12. The molecule has 29 atom stereocenters. The zero-order valence-electron chi connectivity index (χ0n) is 46.4. The van der Waals surface area contributed by atoms with E-state index in [4.69, 9.17) is 47.4 Å². The summed E-state index contributed by atoms with van der Waals surface area (Å²) in [6, 6.07) is 0. The fourth-order valence-electron chi connectivity index (χ4n) is 17.1. The molecule has 22 nitrogen and oxygen atoms in total. The van der Waals surface area contributed by atoms with Gasteiger partial charge in [-0.25, -0.2) is 0 Å². The van der Waals surface area contributed by atoms with Crippen LogP contribution in [0.1, 0.15) is 119 Å². The molecule has 5 aliphatic carbocycles. The first-order valence-corrected chi connectivity index (χ1v) is 28.9. The normalized spacial score (nSPS) is 55.1. The molecule has 0 unspecified atom stereocenters. The lowest BCUT2D eigenvalue weighted by Crippen LogP contribution is -2.69. The molecule has 0 aromatic heterocycles. The Morgan fingerprint density at radius 2 is 1.24 bits per heavy atom. The maximum Gasteiger partial charge on any atom is 0.187 e. The maximum absolute atomic E-state index is 12.4. The fourth-order valence-corrected chi connectivity index (χ4v) is 17.1. The highest BCUT2D eigenvalue weighted by molar-refractivity contribution is 5.35. The lowest BCUT2D eigenvalue weighted by Gasteiger charge is -2.73. The monoisotopic (exact) mass is 1120 g/mol. The predicted molar refractivity (Wildman–Crippen MR) is 270 cm³/mol. The number of fused-ring (bicyclic) bond motifs is 6. The van der Waals surface area contributed by atoms with Crippen LogP contribution in [-0.4, -0.2) is 230 Å². The minimum Gasteiger partial charge on any atom is -0.396 e. The molecule has 10 rings (SSSR count). The van der Waals surface area contributed by atoms with Crippen LogP contribution in [0.2, 0.25) is 0 Å². The molecular formula is C56H92O22. The van der Waals surface area contributed by atoms with E-state index in [0.29, 0.717) is 18.9 Å². The summed E-state index contributed by atoms with van der Waals surface area (Å²) in [5, 5.41) is 129. The second kappa shape index (κ2) is 22.4. The van der Waals surface area contributed by atoms with Gasteiger partial charge in [0, 0.05) is 12.0 Å². The second-order valence-corrected chi connectivity index (χ2v) is 26.8. The Bertz CT molecular complexity index is 2100. The van der Waals surface area contributed by atoms with E-state index >= 15 is 0 Å². The second-order valence-electron chi connectivity index (χ2n) is 26.8. The van der Waals surface area contributed by atoms with Crippen molar-refractivity contribution in [2.24, 2.45) is 50.2 Å². The topological polar surface area (TPSA) is 335 Å². The third-order valence-corrected chi connectivity index (χ3v) is 22.1. The van der Waals surface area contributed by atoms with Crippen molar-refractivity contribution in [1.29, 1.82) is 0 Å². The minimum absolute atomic E-state index is 0.0340. The van der Waals surface area contributed by atoms with Crippen LogP contribution in [0.15, 0.2) is 11.6 Å². The number of hydrogen-bond acceptors (Lipinski definition) is 22. The van der Waals surface area contributed by atoms with E-state index in [2.05, 4.69) is 54.5 Å². The molecule has 5 heterocycles. The molecular weight excluding hydrogens is 1020 g/mol. The molecule has 0 aromatic carbocycles. The zero-order chi connectivity index (χ0) is 56.2. The number of aliphatic hydroxyl groups is 12. The summed E-state index contributed by atoms with van der Waals surface area (Å²) in [7, 11) is 0. The van der Waals surface area contributed by atoms with Crippen LogP contribution in [0, 0.1) is 50.2 Å². The van der Waals surface area contributed by atoms with Gasteiger partial charge in [-0.05, 0) is 109 Å². The van der Waals surface area contributed by atoms with E-state index in [1.165, 1.54) is 5.57 Å². The van der Waals surface area contributed by atoms with Crippen LogP contribution < -0.4 is 0 Å². The summed E-state index contributed by atoms with van der Waals surface area (Å²) in [4.78, 5) is 0. The molecule has 4 saturated carbocycles. The molecule has 5 aliphatic heterocycles. The SMILES string of the molecule is CCC[C@H]1OC[C@@]23CC[C@](C)(CO)C[C@@H]2C2=CC[C@@H]4[C@@]5(C)CC[C@@H](O[C@H]6OC[C@H](O[C@@H]7O[C@H](CO)[C@H](O)[C@H](O)[C@@H]7O[C@@H]7OC[C@H](O)[C@H](O)[C@@H]7O)[C@@H](O)[C@@H]6O[C@@H]6O[C@@H](CO)[C@H](O)[C@H](O)[C@@H]6O)C(C)(C)[C@@H]5CC[C@@]4(C)[C@@]2(C)C[C@H]3O1. The van der Waals surface area contributed by atoms with Gasteiger partial charge in [-0.2, -0.15) is 0 Å². The van der Waals surface area contributed by atoms with Crippen LogP contribution in [-0.2, 0) is 47.4 Å². The largest absolute Gasteiger partial charge is 0.396 e. The van der Waals surface area contributed by atoms with E-state index in [9.17, 15) is 61.3 Å².